The summed E-state index contributed by atoms with van der Waals surface area (Å²) in [6, 6.07) is 2.05. The van der Waals surface area contributed by atoms with E-state index in [2.05, 4.69) is 12.6 Å². The van der Waals surface area contributed by atoms with Crippen LogP contribution in [0.2, 0.25) is 5.02 Å². The minimum absolute atomic E-state index is 0.0678. The van der Waals surface area contributed by atoms with Crippen LogP contribution in [-0.4, -0.2) is 16.0 Å². The fraction of sp³-hybridized carbons (Fsp3) is 0. The first-order chi connectivity index (χ1) is 6.43. The van der Waals surface area contributed by atoms with Gasteiger partial charge in [0.2, 0.25) is 0 Å². The van der Waals surface area contributed by atoms with E-state index in [4.69, 9.17) is 16.7 Å². The molecule has 0 unspecified atom stereocenters. The number of nitro groups is 1. The van der Waals surface area contributed by atoms with E-state index in [-0.39, 0.29) is 15.5 Å². The molecule has 0 aliphatic heterocycles. The molecule has 0 spiro atoms. The lowest BCUT2D eigenvalue weighted by atomic mass is 10.2. The third-order valence-corrected chi connectivity index (χ3v) is 2.36. The van der Waals surface area contributed by atoms with Gasteiger partial charge in [-0.25, -0.2) is 4.79 Å². The highest BCUT2D eigenvalue weighted by Gasteiger charge is 2.18. The molecule has 0 heterocycles. The van der Waals surface area contributed by atoms with Gasteiger partial charge >= 0.3 is 5.97 Å². The second-order valence-corrected chi connectivity index (χ2v) is 3.25. The number of rotatable bonds is 2. The average Bonchev–Trinajstić information content (AvgIpc) is 2.08. The molecular weight excluding hydrogens is 230 g/mol. The molecule has 0 atom stereocenters. The van der Waals surface area contributed by atoms with E-state index in [0.717, 1.165) is 12.1 Å². The number of hydrogen-bond acceptors (Lipinski definition) is 4. The fourth-order valence-corrected chi connectivity index (χ4v) is 1.28. The predicted molar refractivity (Wildman–Crippen MR) is 52.3 cm³/mol. The maximum absolute atomic E-state index is 10.5. The van der Waals surface area contributed by atoms with Gasteiger partial charge in [-0.3, -0.25) is 10.1 Å². The first-order valence-corrected chi connectivity index (χ1v) is 4.16. The summed E-state index contributed by atoms with van der Waals surface area (Å²) < 4.78 is 0. The van der Waals surface area contributed by atoms with Gasteiger partial charge in [-0.2, -0.15) is 0 Å². The van der Waals surface area contributed by atoms with Crippen LogP contribution < -0.4 is 0 Å². The van der Waals surface area contributed by atoms with Crippen LogP contribution in [0.25, 0.3) is 0 Å². The van der Waals surface area contributed by atoms with Gasteiger partial charge in [0.15, 0.2) is 0 Å². The van der Waals surface area contributed by atoms with Gasteiger partial charge in [0.25, 0.3) is 5.69 Å². The molecule has 7 heteroatoms. The van der Waals surface area contributed by atoms with Crippen LogP contribution in [0.4, 0.5) is 5.69 Å². The van der Waals surface area contributed by atoms with Crippen molar-refractivity contribution >= 4 is 35.9 Å². The van der Waals surface area contributed by atoms with E-state index in [9.17, 15) is 14.9 Å². The molecule has 14 heavy (non-hydrogen) atoms. The molecule has 1 aromatic carbocycles. The van der Waals surface area contributed by atoms with E-state index in [1.165, 1.54) is 0 Å². The Labute approximate surface area is 88.9 Å². The maximum Gasteiger partial charge on any atom is 0.335 e. The van der Waals surface area contributed by atoms with E-state index in [1.54, 1.807) is 0 Å². The third-order valence-electron chi connectivity index (χ3n) is 1.48. The van der Waals surface area contributed by atoms with Crippen molar-refractivity contribution in [2.75, 3.05) is 0 Å². The standard InChI is InChI=1S/C7H4ClNO4S/c8-6-4(9(12)13)1-3(7(10)11)2-5(6)14/h1-2,14H,(H,10,11). The van der Waals surface area contributed by atoms with Crippen LogP contribution in [0.1, 0.15) is 10.4 Å². The number of carboxylic acids is 1. The molecule has 0 bridgehead atoms. The Kier molecular flexibility index (Phi) is 2.97. The lowest BCUT2D eigenvalue weighted by Crippen LogP contribution is -1.99. The number of hydrogen-bond donors (Lipinski definition) is 2. The quantitative estimate of drug-likeness (QED) is 0.466. The summed E-state index contributed by atoms with van der Waals surface area (Å²) in [5.41, 5.74) is -0.678. The smallest absolute Gasteiger partial charge is 0.335 e. The Balaban J connectivity index is 3.43. The van der Waals surface area contributed by atoms with Crippen molar-refractivity contribution in [2.45, 2.75) is 4.90 Å². The highest BCUT2D eigenvalue weighted by Crippen LogP contribution is 2.31. The summed E-state index contributed by atoms with van der Waals surface area (Å²) >= 11 is 9.38. The zero-order chi connectivity index (χ0) is 10.9. The van der Waals surface area contributed by atoms with Gasteiger partial charge in [-0.1, -0.05) is 11.6 Å². The van der Waals surface area contributed by atoms with Crippen molar-refractivity contribution in [3.05, 3.63) is 32.8 Å². The average molecular weight is 234 g/mol. The molecule has 0 amide bonds. The Bertz CT molecular complexity index is 420. The molecule has 0 fully saturated rings. The topological polar surface area (TPSA) is 80.4 Å². The summed E-state index contributed by atoms with van der Waals surface area (Å²) in [6.07, 6.45) is 0. The van der Waals surface area contributed by atoms with Crippen LogP contribution >= 0.6 is 24.2 Å². The molecule has 0 saturated carbocycles. The number of thiol groups is 1. The SMILES string of the molecule is O=C(O)c1cc(S)c(Cl)c([N+](=O)[O-])c1. The van der Waals surface area contributed by atoms with Gasteiger partial charge in [0.1, 0.15) is 5.02 Å². The molecular formula is C7H4ClNO4S. The molecule has 0 saturated heterocycles. The van der Waals surface area contributed by atoms with Gasteiger partial charge in [-0.15, -0.1) is 12.6 Å². The largest absolute Gasteiger partial charge is 0.478 e. The first kappa shape index (κ1) is 10.8. The van der Waals surface area contributed by atoms with Crippen molar-refractivity contribution in [1.82, 2.24) is 0 Å². The number of carboxylic acid groups (broad SMARTS) is 1. The Morgan fingerprint density at radius 3 is 2.57 bits per heavy atom. The summed E-state index contributed by atoms with van der Waals surface area (Å²) in [4.78, 5) is 20.3. The van der Waals surface area contributed by atoms with Crippen molar-refractivity contribution < 1.29 is 14.8 Å². The highest BCUT2D eigenvalue weighted by atomic mass is 35.5. The van der Waals surface area contributed by atoms with E-state index in [0.29, 0.717) is 0 Å². The minimum Gasteiger partial charge on any atom is -0.478 e. The Morgan fingerprint density at radius 1 is 1.57 bits per heavy atom. The number of nitrogens with zero attached hydrogens (tertiary/aromatic N) is 1. The number of halogens is 1. The summed E-state index contributed by atoms with van der Waals surface area (Å²) in [5, 5.41) is 18.9. The summed E-state index contributed by atoms with van der Waals surface area (Å²) in [7, 11) is 0. The third kappa shape index (κ3) is 1.97. The van der Waals surface area contributed by atoms with Crippen LogP contribution in [0.3, 0.4) is 0 Å². The van der Waals surface area contributed by atoms with E-state index in [1.807, 2.05) is 0 Å². The van der Waals surface area contributed by atoms with Crippen molar-refractivity contribution in [2.24, 2.45) is 0 Å². The maximum atomic E-state index is 10.5. The van der Waals surface area contributed by atoms with Crippen LogP contribution in [0.15, 0.2) is 17.0 Å². The van der Waals surface area contributed by atoms with Crippen LogP contribution in [-0.2, 0) is 0 Å². The van der Waals surface area contributed by atoms with Gasteiger partial charge < -0.3 is 5.11 Å². The summed E-state index contributed by atoms with van der Waals surface area (Å²) in [5.74, 6) is -1.26. The van der Waals surface area contributed by atoms with Gasteiger partial charge in [0, 0.05) is 11.0 Å². The monoisotopic (exact) mass is 233 g/mol. The van der Waals surface area contributed by atoms with Gasteiger partial charge in [-0.05, 0) is 6.07 Å². The van der Waals surface area contributed by atoms with Gasteiger partial charge in [0.05, 0.1) is 10.5 Å². The normalized spacial score (nSPS) is 9.86. The molecule has 0 aliphatic rings. The first-order valence-electron chi connectivity index (χ1n) is 3.33. The Hall–Kier alpha value is -1.27. The lowest BCUT2D eigenvalue weighted by molar-refractivity contribution is -0.384. The van der Waals surface area contributed by atoms with E-state index >= 15 is 0 Å². The number of benzene rings is 1. The molecule has 74 valence electrons. The molecule has 1 rings (SSSR count). The molecule has 0 radical (unpaired) electrons. The van der Waals surface area contributed by atoms with Crippen LogP contribution in [0, 0.1) is 10.1 Å². The van der Waals surface area contributed by atoms with Crippen molar-refractivity contribution in [3.63, 3.8) is 0 Å². The van der Waals surface area contributed by atoms with E-state index < -0.39 is 16.6 Å². The minimum atomic E-state index is -1.26. The number of aromatic carboxylic acids is 1. The predicted octanol–water partition coefficient (Wildman–Crippen LogP) is 2.24. The molecule has 1 aromatic rings. The molecule has 1 N–H and O–H groups in total. The summed E-state index contributed by atoms with van der Waals surface area (Å²) in [6.45, 7) is 0. The van der Waals surface area contributed by atoms with Crippen molar-refractivity contribution in [1.29, 1.82) is 0 Å². The molecule has 5 nitrogen and oxygen atoms in total. The second kappa shape index (κ2) is 3.85. The van der Waals surface area contributed by atoms with Crippen molar-refractivity contribution in [3.8, 4) is 0 Å². The molecule has 0 aromatic heterocycles. The highest BCUT2D eigenvalue weighted by molar-refractivity contribution is 7.80. The lowest BCUT2D eigenvalue weighted by Gasteiger charge is -2.00. The zero-order valence-corrected chi connectivity index (χ0v) is 8.25. The molecule has 0 aliphatic carbocycles. The second-order valence-electron chi connectivity index (χ2n) is 2.39. The zero-order valence-electron chi connectivity index (χ0n) is 6.60. The number of nitro benzene ring substituents is 1. The fourth-order valence-electron chi connectivity index (χ4n) is 0.851. The Morgan fingerprint density at radius 2 is 2.14 bits per heavy atom. The number of carbonyl (C=O) groups is 1. The van der Waals surface area contributed by atoms with Crippen LogP contribution in [0.5, 0.6) is 0 Å².